The van der Waals surface area contributed by atoms with Gasteiger partial charge in [-0.15, -0.1) is 0 Å². The van der Waals surface area contributed by atoms with Gasteiger partial charge in [-0.05, 0) is 18.2 Å². The summed E-state index contributed by atoms with van der Waals surface area (Å²) >= 11 is 0. The average Bonchev–Trinajstić information content (AvgIpc) is 2.52. The standard InChI is InChI=1S/C14H17NO2/c1-11-9-16-13-6-5-12(4-2-3-7-15)8-14(13)17-10-11/h5-6,8,11H,3,7,9-10,15H2,1H3. The van der Waals surface area contributed by atoms with Crippen molar-refractivity contribution < 1.29 is 9.47 Å². The third-order valence-electron chi connectivity index (χ3n) is 2.49. The zero-order chi connectivity index (χ0) is 12.1. The van der Waals surface area contributed by atoms with E-state index in [2.05, 4.69) is 18.8 Å². The highest BCUT2D eigenvalue weighted by atomic mass is 16.5. The van der Waals surface area contributed by atoms with Gasteiger partial charge in [0.15, 0.2) is 11.5 Å². The van der Waals surface area contributed by atoms with Crippen LogP contribution < -0.4 is 15.2 Å². The van der Waals surface area contributed by atoms with Crippen LogP contribution in [0.15, 0.2) is 18.2 Å². The second-order valence-corrected chi connectivity index (χ2v) is 4.23. The van der Waals surface area contributed by atoms with Gasteiger partial charge in [0.25, 0.3) is 0 Å². The van der Waals surface area contributed by atoms with Crippen molar-refractivity contribution in [2.24, 2.45) is 11.7 Å². The predicted octanol–water partition coefficient (Wildman–Crippen LogP) is 1.79. The van der Waals surface area contributed by atoms with E-state index in [0.717, 1.165) is 17.1 Å². The molecule has 0 bridgehead atoms. The maximum atomic E-state index is 5.69. The topological polar surface area (TPSA) is 44.5 Å². The summed E-state index contributed by atoms with van der Waals surface area (Å²) in [5.41, 5.74) is 6.33. The lowest BCUT2D eigenvalue weighted by Gasteiger charge is -2.06. The molecule has 0 amide bonds. The summed E-state index contributed by atoms with van der Waals surface area (Å²) in [5, 5.41) is 0. The summed E-state index contributed by atoms with van der Waals surface area (Å²) in [4.78, 5) is 0. The van der Waals surface area contributed by atoms with Crippen molar-refractivity contribution in [2.45, 2.75) is 13.3 Å². The molecule has 2 N–H and O–H groups in total. The second kappa shape index (κ2) is 5.60. The predicted molar refractivity (Wildman–Crippen MR) is 67.1 cm³/mol. The van der Waals surface area contributed by atoms with Crippen molar-refractivity contribution in [3.63, 3.8) is 0 Å². The molecule has 0 aliphatic carbocycles. The Labute approximate surface area is 102 Å². The largest absolute Gasteiger partial charge is 0.489 e. The molecule has 1 aliphatic rings. The van der Waals surface area contributed by atoms with Crippen molar-refractivity contribution in [1.29, 1.82) is 0 Å². The van der Waals surface area contributed by atoms with E-state index in [1.165, 1.54) is 0 Å². The van der Waals surface area contributed by atoms with Crippen molar-refractivity contribution >= 4 is 0 Å². The summed E-state index contributed by atoms with van der Waals surface area (Å²) < 4.78 is 11.3. The minimum Gasteiger partial charge on any atom is -0.489 e. The summed E-state index contributed by atoms with van der Waals surface area (Å²) in [5.74, 6) is 8.07. The fourth-order valence-corrected chi connectivity index (χ4v) is 1.57. The highest BCUT2D eigenvalue weighted by molar-refractivity contribution is 5.48. The SMILES string of the molecule is CC1COc2ccc(C#CCCN)cc2OC1. The molecule has 3 heteroatoms. The fraction of sp³-hybridized carbons (Fsp3) is 0.429. The Morgan fingerprint density at radius 1 is 1.29 bits per heavy atom. The van der Waals surface area contributed by atoms with Crippen LogP contribution in [0.5, 0.6) is 11.5 Å². The van der Waals surface area contributed by atoms with E-state index in [1.54, 1.807) is 0 Å². The summed E-state index contributed by atoms with van der Waals surface area (Å²) in [7, 11) is 0. The quantitative estimate of drug-likeness (QED) is 0.749. The molecule has 0 saturated heterocycles. The van der Waals surface area contributed by atoms with Crippen molar-refractivity contribution in [3.05, 3.63) is 23.8 Å². The van der Waals surface area contributed by atoms with Gasteiger partial charge in [0.2, 0.25) is 0 Å². The Hall–Kier alpha value is -1.66. The molecule has 1 atom stereocenters. The minimum absolute atomic E-state index is 0.411. The van der Waals surface area contributed by atoms with Crippen LogP contribution in [0.1, 0.15) is 18.9 Å². The van der Waals surface area contributed by atoms with E-state index in [4.69, 9.17) is 15.2 Å². The smallest absolute Gasteiger partial charge is 0.162 e. The number of hydrogen-bond donors (Lipinski definition) is 1. The molecule has 0 saturated carbocycles. The normalized spacial score (nSPS) is 17.9. The highest BCUT2D eigenvalue weighted by Crippen LogP contribution is 2.31. The van der Waals surface area contributed by atoms with Crippen LogP contribution >= 0.6 is 0 Å². The molecule has 1 aliphatic heterocycles. The van der Waals surface area contributed by atoms with Crippen LogP contribution in [0.3, 0.4) is 0 Å². The molecule has 1 aromatic rings. The molecule has 90 valence electrons. The van der Waals surface area contributed by atoms with Gasteiger partial charge < -0.3 is 15.2 Å². The molecule has 0 radical (unpaired) electrons. The molecule has 2 rings (SSSR count). The van der Waals surface area contributed by atoms with Gasteiger partial charge in [-0.3, -0.25) is 0 Å². The molecule has 3 nitrogen and oxygen atoms in total. The van der Waals surface area contributed by atoms with Gasteiger partial charge in [0, 0.05) is 24.4 Å². The van der Waals surface area contributed by atoms with Crippen LogP contribution in [0.2, 0.25) is 0 Å². The van der Waals surface area contributed by atoms with Crippen LogP contribution in [0.25, 0.3) is 0 Å². The summed E-state index contributed by atoms with van der Waals surface area (Å²) in [6.45, 7) is 4.08. The maximum Gasteiger partial charge on any atom is 0.162 e. The molecule has 0 aromatic heterocycles. The first-order valence-electron chi connectivity index (χ1n) is 5.88. The van der Waals surface area contributed by atoms with Crippen LogP contribution in [-0.4, -0.2) is 19.8 Å². The Balaban J connectivity index is 2.17. The number of fused-ring (bicyclic) bond motifs is 1. The van der Waals surface area contributed by atoms with E-state index >= 15 is 0 Å². The molecule has 0 spiro atoms. The lowest BCUT2D eigenvalue weighted by molar-refractivity contribution is 0.228. The van der Waals surface area contributed by atoms with E-state index in [9.17, 15) is 0 Å². The summed E-state index contributed by atoms with van der Waals surface area (Å²) in [6, 6.07) is 5.79. The zero-order valence-electron chi connectivity index (χ0n) is 10.0. The first-order valence-corrected chi connectivity index (χ1v) is 5.88. The van der Waals surface area contributed by atoms with Crippen LogP contribution in [-0.2, 0) is 0 Å². The number of nitrogens with two attached hydrogens (primary N) is 1. The lowest BCUT2D eigenvalue weighted by atomic mass is 10.2. The molecular weight excluding hydrogens is 214 g/mol. The Kier molecular flexibility index (Phi) is 3.89. The number of hydrogen-bond acceptors (Lipinski definition) is 3. The molecule has 17 heavy (non-hydrogen) atoms. The van der Waals surface area contributed by atoms with Gasteiger partial charge in [-0.1, -0.05) is 18.8 Å². The molecule has 1 heterocycles. The number of rotatable bonds is 1. The fourth-order valence-electron chi connectivity index (χ4n) is 1.57. The van der Waals surface area contributed by atoms with Gasteiger partial charge >= 0.3 is 0 Å². The average molecular weight is 231 g/mol. The Bertz CT molecular complexity index is 445. The Morgan fingerprint density at radius 2 is 2.06 bits per heavy atom. The third kappa shape index (κ3) is 3.15. The zero-order valence-corrected chi connectivity index (χ0v) is 10.0. The second-order valence-electron chi connectivity index (χ2n) is 4.23. The lowest BCUT2D eigenvalue weighted by Crippen LogP contribution is -2.12. The van der Waals surface area contributed by atoms with E-state index in [1.807, 2.05) is 18.2 Å². The monoisotopic (exact) mass is 231 g/mol. The minimum atomic E-state index is 0.411. The van der Waals surface area contributed by atoms with Gasteiger partial charge in [0.05, 0.1) is 13.2 Å². The van der Waals surface area contributed by atoms with Crippen LogP contribution in [0.4, 0.5) is 0 Å². The Morgan fingerprint density at radius 3 is 2.82 bits per heavy atom. The molecule has 1 unspecified atom stereocenters. The molecule has 1 aromatic carbocycles. The van der Waals surface area contributed by atoms with Gasteiger partial charge in [-0.25, -0.2) is 0 Å². The first kappa shape index (κ1) is 11.8. The first-order chi connectivity index (χ1) is 8.29. The van der Waals surface area contributed by atoms with E-state index in [0.29, 0.717) is 32.1 Å². The van der Waals surface area contributed by atoms with Crippen LogP contribution in [0, 0.1) is 17.8 Å². The molecular formula is C14H17NO2. The highest BCUT2D eigenvalue weighted by Gasteiger charge is 2.14. The van der Waals surface area contributed by atoms with Crippen molar-refractivity contribution in [3.8, 4) is 23.3 Å². The number of ether oxygens (including phenoxy) is 2. The van der Waals surface area contributed by atoms with Gasteiger partial charge in [0.1, 0.15) is 0 Å². The van der Waals surface area contributed by atoms with E-state index in [-0.39, 0.29) is 0 Å². The molecule has 0 fully saturated rings. The summed E-state index contributed by atoms with van der Waals surface area (Å²) in [6.07, 6.45) is 0.714. The van der Waals surface area contributed by atoms with Crippen molar-refractivity contribution in [1.82, 2.24) is 0 Å². The maximum absolute atomic E-state index is 5.69. The van der Waals surface area contributed by atoms with Gasteiger partial charge in [-0.2, -0.15) is 0 Å². The number of benzene rings is 1. The van der Waals surface area contributed by atoms with E-state index < -0.39 is 0 Å². The van der Waals surface area contributed by atoms with Crippen molar-refractivity contribution in [2.75, 3.05) is 19.8 Å². The third-order valence-corrected chi connectivity index (χ3v) is 2.49.